The fourth-order valence-corrected chi connectivity index (χ4v) is 2.28. The summed E-state index contributed by atoms with van der Waals surface area (Å²) in [6.45, 7) is 7.22. The van der Waals surface area contributed by atoms with Crippen LogP contribution in [0.25, 0.3) is 0 Å². The third kappa shape index (κ3) is 4.55. The van der Waals surface area contributed by atoms with Crippen molar-refractivity contribution in [3.05, 3.63) is 53.2 Å². The highest BCUT2D eigenvalue weighted by Crippen LogP contribution is 2.16. The van der Waals surface area contributed by atoms with E-state index in [1.165, 1.54) is 12.0 Å². The number of carbonyl (C=O) groups excluding carboxylic acids is 1. The number of nitrogens with one attached hydrogen (secondary N) is 1. The molecule has 0 aliphatic carbocycles. The van der Waals surface area contributed by atoms with E-state index in [1.807, 2.05) is 44.2 Å². The number of rotatable bonds is 6. The van der Waals surface area contributed by atoms with Crippen LogP contribution in [0.1, 0.15) is 41.3 Å². The van der Waals surface area contributed by atoms with Crippen LogP contribution in [0.3, 0.4) is 0 Å². The molecule has 0 bridgehead atoms. The van der Waals surface area contributed by atoms with Crippen molar-refractivity contribution in [3.8, 4) is 0 Å². The van der Waals surface area contributed by atoms with Crippen molar-refractivity contribution >= 4 is 17.4 Å². The van der Waals surface area contributed by atoms with Crippen LogP contribution in [0.5, 0.6) is 0 Å². The SMILES string of the molecule is CCCCN(C)c1ccc(NC(=O)c2ccc(C)c(C)c2)nc1. The lowest BCUT2D eigenvalue weighted by molar-refractivity contribution is 0.102. The second-order valence-corrected chi connectivity index (χ2v) is 5.93. The molecule has 0 unspecified atom stereocenters. The molecule has 2 aromatic rings. The lowest BCUT2D eigenvalue weighted by Gasteiger charge is -2.18. The van der Waals surface area contributed by atoms with Gasteiger partial charge in [0.1, 0.15) is 5.82 Å². The van der Waals surface area contributed by atoms with E-state index in [0.29, 0.717) is 11.4 Å². The van der Waals surface area contributed by atoms with E-state index >= 15 is 0 Å². The zero-order valence-electron chi connectivity index (χ0n) is 14.4. The monoisotopic (exact) mass is 311 g/mol. The molecule has 0 aliphatic rings. The summed E-state index contributed by atoms with van der Waals surface area (Å²) in [5, 5.41) is 2.85. The molecular formula is C19H25N3O. The van der Waals surface area contributed by atoms with Gasteiger partial charge in [-0.05, 0) is 55.7 Å². The van der Waals surface area contributed by atoms with Crippen molar-refractivity contribution in [1.82, 2.24) is 4.98 Å². The van der Waals surface area contributed by atoms with Crippen LogP contribution >= 0.6 is 0 Å². The largest absolute Gasteiger partial charge is 0.373 e. The van der Waals surface area contributed by atoms with E-state index in [2.05, 4.69) is 29.2 Å². The smallest absolute Gasteiger partial charge is 0.256 e. The Kier molecular flexibility index (Phi) is 5.74. The lowest BCUT2D eigenvalue weighted by Crippen LogP contribution is -2.19. The summed E-state index contributed by atoms with van der Waals surface area (Å²) in [5.74, 6) is 0.438. The third-order valence-corrected chi connectivity index (χ3v) is 4.05. The fourth-order valence-electron chi connectivity index (χ4n) is 2.28. The van der Waals surface area contributed by atoms with Gasteiger partial charge in [0.2, 0.25) is 0 Å². The number of carbonyl (C=O) groups is 1. The molecule has 4 nitrogen and oxygen atoms in total. The minimum atomic E-state index is -0.132. The topological polar surface area (TPSA) is 45.2 Å². The zero-order chi connectivity index (χ0) is 16.8. The average molecular weight is 311 g/mol. The Morgan fingerprint density at radius 3 is 2.57 bits per heavy atom. The van der Waals surface area contributed by atoms with Gasteiger partial charge in [0, 0.05) is 19.2 Å². The third-order valence-electron chi connectivity index (χ3n) is 4.05. The number of anilines is 2. The maximum atomic E-state index is 12.3. The molecular weight excluding hydrogens is 286 g/mol. The maximum Gasteiger partial charge on any atom is 0.256 e. The summed E-state index contributed by atoms with van der Waals surface area (Å²) in [7, 11) is 2.06. The average Bonchev–Trinajstić information content (AvgIpc) is 2.55. The quantitative estimate of drug-likeness (QED) is 0.870. The standard InChI is InChI=1S/C19H25N3O/c1-5-6-11-22(4)17-9-10-18(20-13-17)21-19(23)16-8-7-14(2)15(3)12-16/h7-10,12-13H,5-6,11H2,1-4H3,(H,20,21,23). The molecule has 4 heteroatoms. The minimum Gasteiger partial charge on any atom is -0.373 e. The van der Waals surface area contributed by atoms with Gasteiger partial charge in [0.05, 0.1) is 11.9 Å². The van der Waals surface area contributed by atoms with Gasteiger partial charge in [-0.25, -0.2) is 4.98 Å². The van der Waals surface area contributed by atoms with E-state index < -0.39 is 0 Å². The first-order valence-corrected chi connectivity index (χ1v) is 8.07. The predicted octanol–water partition coefficient (Wildman–Crippen LogP) is 4.19. The lowest BCUT2D eigenvalue weighted by atomic mass is 10.1. The second-order valence-electron chi connectivity index (χ2n) is 5.93. The molecule has 0 atom stereocenters. The van der Waals surface area contributed by atoms with Crippen molar-refractivity contribution < 1.29 is 4.79 Å². The van der Waals surface area contributed by atoms with Gasteiger partial charge in [-0.1, -0.05) is 19.4 Å². The number of pyridine rings is 1. The van der Waals surface area contributed by atoms with E-state index in [1.54, 1.807) is 6.20 Å². The van der Waals surface area contributed by atoms with Crippen molar-refractivity contribution in [1.29, 1.82) is 0 Å². The minimum absolute atomic E-state index is 0.132. The number of benzene rings is 1. The fraction of sp³-hybridized carbons (Fsp3) is 0.368. The van der Waals surface area contributed by atoms with Crippen molar-refractivity contribution in [3.63, 3.8) is 0 Å². The molecule has 2 rings (SSSR count). The number of aromatic nitrogens is 1. The highest BCUT2D eigenvalue weighted by atomic mass is 16.1. The molecule has 0 aliphatic heterocycles. The number of aryl methyl sites for hydroxylation is 2. The van der Waals surface area contributed by atoms with E-state index in [4.69, 9.17) is 0 Å². The zero-order valence-corrected chi connectivity index (χ0v) is 14.4. The summed E-state index contributed by atoms with van der Waals surface area (Å²) in [4.78, 5) is 18.8. The first kappa shape index (κ1) is 17.0. The van der Waals surface area contributed by atoms with Gasteiger partial charge >= 0.3 is 0 Å². The van der Waals surface area contributed by atoms with Gasteiger partial charge in [-0.3, -0.25) is 4.79 Å². The van der Waals surface area contributed by atoms with Gasteiger partial charge in [0.25, 0.3) is 5.91 Å². The van der Waals surface area contributed by atoms with Gasteiger partial charge in [-0.15, -0.1) is 0 Å². The van der Waals surface area contributed by atoms with E-state index in [9.17, 15) is 4.79 Å². The summed E-state index contributed by atoms with van der Waals surface area (Å²) in [6.07, 6.45) is 4.12. The molecule has 1 N–H and O–H groups in total. The highest BCUT2D eigenvalue weighted by Gasteiger charge is 2.08. The summed E-state index contributed by atoms with van der Waals surface area (Å²) >= 11 is 0. The Morgan fingerprint density at radius 1 is 1.17 bits per heavy atom. The molecule has 1 amide bonds. The Bertz CT molecular complexity index is 665. The first-order valence-electron chi connectivity index (χ1n) is 8.07. The molecule has 0 saturated carbocycles. The van der Waals surface area contributed by atoms with Gasteiger partial charge in [0.15, 0.2) is 0 Å². The van der Waals surface area contributed by atoms with Crippen LogP contribution in [0.15, 0.2) is 36.5 Å². The molecule has 1 heterocycles. The number of unbranched alkanes of at least 4 members (excludes halogenated alkanes) is 1. The van der Waals surface area contributed by atoms with Crippen LogP contribution in [0.2, 0.25) is 0 Å². The molecule has 23 heavy (non-hydrogen) atoms. The number of hydrogen-bond donors (Lipinski definition) is 1. The molecule has 122 valence electrons. The molecule has 1 aromatic carbocycles. The molecule has 0 fully saturated rings. The number of nitrogens with zero attached hydrogens (tertiary/aromatic N) is 2. The predicted molar refractivity (Wildman–Crippen MR) is 96.3 cm³/mol. The van der Waals surface area contributed by atoms with E-state index in [-0.39, 0.29) is 5.91 Å². The number of amides is 1. The van der Waals surface area contributed by atoms with Crippen LogP contribution < -0.4 is 10.2 Å². The Morgan fingerprint density at radius 2 is 1.96 bits per heavy atom. The normalized spacial score (nSPS) is 10.4. The van der Waals surface area contributed by atoms with Crippen molar-refractivity contribution in [2.24, 2.45) is 0 Å². The summed E-state index contributed by atoms with van der Waals surface area (Å²) in [5.41, 5.74) is 4.00. The van der Waals surface area contributed by atoms with Crippen molar-refractivity contribution in [2.45, 2.75) is 33.6 Å². The maximum absolute atomic E-state index is 12.3. The number of hydrogen-bond acceptors (Lipinski definition) is 3. The highest BCUT2D eigenvalue weighted by molar-refractivity contribution is 6.03. The van der Waals surface area contributed by atoms with Crippen LogP contribution in [0.4, 0.5) is 11.5 Å². The second kappa shape index (κ2) is 7.77. The first-order chi connectivity index (χ1) is 11.0. The Labute approximate surface area is 138 Å². The molecule has 0 saturated heterocycles. The van der Waals surface area contributed by atoms with Crippen LogP contribution in [-0.4, -0.2) is 24.5 Å². The Hall–Kier alpha value is -2.36. The van der Waals surface area contributed by atoms with Gasteiger partial charge in [-0.2, -0.15) is 0 Å². The van der Waals surface area contributed by atoms with Crippen molar-refractivity contribution in [2.75, 3.05) is 23.8 Å². The van der Waals surface area contributed by atoms with Crippen LogP contribution in [0, 0.1) is 13.8 Å². The Balaban J connectivity index is 2.02. The summed E-state index contributed by atoms with van der Waals surface area (Å²) < 4.78 is 0. The van der Waals surface area contributed by atoms with E-state index in [0.717, 1.165) is 24.2 Å². The van der Waals surface area contributed by atoms with Crippen LogP contribution in [-0.2, 0) is 0 Å². The molecule has 0 spiro atoms. The molecule has 0 radical (unpaired) electrons. The molecule has 1 aromatic heterocycles. The van der Waals surface area contributed by atoms with Gasteiger partial charge < -0.3 is 10.2 Å². The summed E-state index contributed by atoms with van der Waals surface area (Å²) in [6, 6.07) is 9.53.